The standard InChI is InChI=1S/C24H18ClFN2O3/c1-13-11-16(3-5-18(13)26)22(29)20-21(15-7-9-27-10-8-15)28(24(31)23(20)30)19-6-4-17(25)12-14(19)2/h3-12,21,29H,1-2H3/b22-20+. The van der Waals surface area contributed by atoms with Crippen LogP contribution in [0.5, 0.6) is 0 Å². The van der Waals surface area contributed by atoms with Crippen molar-refractivity contribution in [3.8, 4) is 0 Å². The van der Waals surface area contributed by atoms with E-state index in [2.05, 4.69) is 4.98 Å². The number of ketones is 1. The van der Waals surface area contributed by atoms with Crippen LogP contribution in [0, 0.1) is 19.7 Å². The van der Waals surface area contributed by atoms with Gasteiger partial charge in [-0.25, -0.2) is 4.39 Å². The minimum Gasteiger partial charge on any atom is -0.507 e. The molecule has 156 valence electrons. The minimum atomic E-state index is -0.881. The number of benzene rings is 2. The molecule has 0 saturated carbocycles. The predicted octanol–water partition coefficient (Wildman–Crippen LogP) is 5.12. The van der Waals surface area contributed by atoms with Crippen LogP contribution in [0.1, 0.15) is 28.3 Å². The van der Waals surface area contributed by atoms with Crippen molar-refractivity contribution in [2.75, 3.05) is 4.90 Å². The van der Waals surface area contributed by atoms with Crippen molar-refractivity contribution in [2.24, 2.45) is 0 Å². The second kappa shape index (κ2) is 7.96. The van der Waals surface area contributed by atoms with E-state index < -0.39 is 23.5 Å². The first kappa shape index (κ1) is 20.8. The third kappa shape index (κ3) is 3.59. The Morgan fingerprint density at radius 1 is 1.03 bits per heavy atom. The highest BCUT2D eigenvalue weighted by molar-refractivity contribution is 6.51. The van der Waals surface area contributed by atoms with Crippen LogP contribution in [0.15, 0.2) is 66.5 Å². The summed E-state index contributed by atoms with van der Waals surface area (Å²) < 4.78 is 13.7. The summed E-state index contributed by atoms with van der Waals surface area (Å²) in [5, 5.41) is 11.6. The summed E-state index contributed by atoms with van der Waals surface area (Å²) in [5.41, 5.74) is 2.30. The van der Waals surface area contributed by atoms with Crippen LogP contribution in [0.3, 0.4) is 0 Å². The number of anilines is 1. The fraction of sp³-hybridized carbons (Fsp3) is 0.125. The van der Waals surface area contributed by atoms with Crippen LogP contribution in [-0.2, 0) is 9.59 Å². The van der Waals surface area contributed by atoms with Crippen LogP contribution in [0.4, 0.5) is 10.1 Å². The number of halogens is 2. The molecule has 0 aliphatic carbocycles. The van der Waals surface area contributed by atoms with Crippen molar-refractivity contribution in [3.63, 3.8) is 0 Å². The molecule has 7 heteroatoms. The lowest BCUT2D eigenvalue weighted by Gasteiger charge is -2.26. The normalized spacial score (nSPS) is 17.9. The van der Waals surface area contributed by atoms with Crippen molar-refractivity contribution in [1.82, 2.24) is 4.98 Å². The van der Waals surface area contributed by atoms with E-state index in [1.165, 1.54) is 23.1 Å². The summed E-state index contributed by atoms with van der Waals surface area (Å²) in [5.74, 6) is -2.39. The Kier molecular flexibility index (Phi) is 5.33. The number of nitrogens with zero attached hydrogens (tertiary/aromatic N) is 2. The molecule has 1 aromatic heterocycles. The molecule has 1 N–H and O–H groups in total. The maximum atomic E-state index is 13.7. The van der Waals surface area contributed by atoms with E-state index in [-0.39, 0.29) is 16.9 Å². The van der Waals surface area contributed by atoms with Gasteiger partial charge < -0.3 is 5.11 Å². The van der Waals surface area contributed by atoms with Gasteiger partial charge in [-0.3, -0.25) is 19.5 Å². The molecule has 3 aromatic rings. The Morgan fingerprint density at radius 2 is 1.74 bits per heavy atom. The van der Waals surface area contributed by atoms with Gasteiger partial charge in [0.15, 0.2) is 0 Å². The van der Waals surface area contributed by atoms with E-state index in [1.54, 1.807) is 56.6 Å². The molecule has 4 rings (SSSR count). The summed E-state index contributed by atoms with van der Waals surface area (Å²) in [6.07, 6.45) is 3.10. The number of hydrogen-bond donors (Lipinski definition) is 1. The number of aliphatic hydroxyl groups is 1. The maximum absolute atomic E-state index is 13.7. The highest BCUT2D eigenvalue weighted by Crippen LogP contribution is 2.43. The molecule has 0 spiro atoms. The molecular formula is C24H18ClFN2O3. The van der Waals surface area contributed by atoms with Gasteiger partial charge in [-0.05, 0) is 79.1 Å². The Labute approximate surface area is 183 Å². The fourth-order valence-electron chi connectivity index (χ4n) is 3.78. The van der Waals surface area contributed by atoms with Gasteiger partial charge in [-0.15, -0.1) is 0 Å². The molecule has 2 heterocycles. The average Bonchev–Trinajstić information content (AvgIpc) is 3.01. The monoisotopic (exact) mass is 436 g/mol. The average molecular weight is 437 g/mol. The number of aryl methyl sites for hydroxylation is 2. The summed E-state index contributed by atoms with van der Waals surface area (Å²) in [6.45, 7) is 3.34. The van der Waals surface area contributed by atoms with Gasteiger partial charge >= 0.3 is 0 Å². The molecule has 31 heavy (non-hydrogen) atoms. The SMILES string of the molecule is Cc1cc(/C(O)=C2\C(=O)C(=O)N(c3ccc(Cl)cc3C)C2c2ccncc2)ccc1F. The lowest BCUT2D eigenvalue weighted by Crippen LogP contribution is -2.30. The molecular weight excluding hydrogens is 419 g/mol. The molecule has 1 saturated heterocycles. The van der Waals surface area contributed by atoms with Gasteiger partial charge in [0.2, 0.25) is 0 Å². The lowest BCUT2D eigenvalue weighted by molar-refractivity contribution is -0.132. The van der Waals surface area contributed by atoms with Crippen LogP contribution in [0.2, 0.25) is 5.02 Å². The Bertz CT molecular complexity index is 1240. The summed E-state index contributed by atoms with van der Waals surface area (Å²) in [6, 6.07) is 11.5. The van der Waals surface area contributed by atoms with E-state index in [1.807, 2.05) is 0 Å². The number of Topliss-reactive ketones (excluding diaryl/α,β-unsaturated/α-hetero) is 1. The van der Waals surface area contributed by atoms with E-state index in [4.69, 9.17) is 11.6 Å². The van der Waals surface area contributed by atoms with E-state index >= 15 is 0 Å². The van der Waals surface area contributed by atoms with Crippen molar-refractivity contribution in [3.05, 3.63) is 99.6 Å². The molecule has 1 aliphatic heterocycles. The number of carbonyl (C=O) groups excluding carboxylic acids is 2. The Hall–Kier alpha value is -3.51. The smallest absolute Gasteiger partial charge is 0.300 e. The van der Waals surface area contributed by atoms with E-state index in [0.29, 0.717) is 27.4 Å². The summed E-state index contributed by atoms with van der Waals surface area (Å²) in [4.78, 5) is 31.6. The Balaban J connectivity index is 1.97. The highest BCUT2D eigenvalue weighted by Gasteiger charge is 2.47. The lowest BCUT2D eigenvalue weighted by atomic mass is 9.95. The first-order chi connectivity index (χ1) is 14.8. The number of carbonyl (C=O) groups is 2. The van der Waals surface area contributed by atoms with Crippen molar-refractivity contribution >= 4 is 34.7 Å². The number of aliphatic hydroxyl groups excluding tert-OH is 1. The topological polar surface area (TPSA) is 70.5 Å². The molecule has 1 unspecified atom stereocenters. The van der Waals surface area contributed by atoms with Crippen molar-refractivity contribution in [1.29, 1.82) is 0 Å². The van der Waals surface area contributed by atoms with Crippen molar-refractivity contribution < 1.29 is 19.1 Å². The zero-order chi connectivity index (χ0) is 22.3. The number of amides is 1. The molecule has 5 nitrogen and oxygen atoms in total. The molecule has 1 fully saturated rings. The van der Waals surface area contributed by atoms with Crippen LogP contribution >= 0.6 is 11.6 Å². The quantitative estimate of drug-likeness (QED) is 0.351. The molecule has 0 radical (unpaired) electrons. The molecule has 1 aliphatic rings. The third-order valence-corrected chi connectivity index (χ3v) is 5.55. The maximum Gasteiger partial charge on any atom is 0.300 e. The number of hydrogen-bond acceptors (Lipinski definition) is 4. The highest BCUT2D eigenvalue weighted by atomic mass is 35.5. The summed E-state index contributed by atoms with van der Waals surface area (Å²) in [7, 11) is 0. The molecule has 0 bridgehead atoms. The van der Waals surface area contributed by atoms with Crippen molar-refractivity contribution in [2.45, 2.75) is 19.9 Å². The molecule has 1 amide bonds. The van der Waals surface area contributed by atoms with Crippen LogP contribution in [0.25, 0.3) is 5.76 Å². The molecule has 1 atom stereocenters. The van der Waals surface area contributed by atoms with Crippen LogP contribution < -0.4 is 4.90 Å². The second-order valence-electron chi connectivity index (χ2n) is 7.34. The van der Waals surface area contributed by atoms with Gasteiger partial charge in [0.25, 0.3) is 11.7 Å². The van der Waals surface area contributed by atoms with E-state index in [0.717, 1.165) is 0 Å². The Morgan fingerprint density at radius 3 is 2.39 bits per heavy atom. The summed E-state index contributed by atoms with van der Waals surface area (Å²) >= 11 is 6.07. The number of pyridine rings is 1. The van der Waals surface area contributed by atoms with E-state index in [9.17, 15) is 19.1 Å². The number of aromatic nitrogens is 1. The first-order valence-electron chi connectivity index (χ1n) is 9.53. The minimum absolute atomic E-state index is 0.0726. The predicted molar refractivity (Wildman–Crippen MR) is 116 cm³/mol. The largest absolute Gasteiger partial charge is 0.507 e. The van der Waals surface area contributed by atoms with Gasteiger partial charge in [-0.2, -0.15) is 0 Å². The fourth-order valence-corrected chi connectivity index (χ4v) is 4.01. The van der Waals surface area contributed by atoms with Crippen LogP contribution in [-0.4, -0.2) is 21.8 Å². The zero-order valence-electron chi connectivity index (χ0n) is 16.8. The second-order valence-corrected chi connectivity index (χ2v) is 7.78. The van der Waals surface area contributed by atoms with Gasteiger partial charge in [-0.1, -0.05) is 11.6 Å². The number of rotatable bonds is 3. The molecule has 2 aromatic carbocycles. The van der Waals surface area contributed by atoms with Gasteiger partial charge in [0, 0.05) is 28.7 Å². The zero-order valence-corrected chi connectivity index (χ0v) is 17.5. The first-order valence-corrected chi connectivity index (χ1v) is 9.91. The third-order valence-electron chi connectivity index (χ3n) is 5.32. The van der Waals surface area contributed by atoms with Gasteiger partial charge in [0.1, 0.15) is 11.6 Å². The van der Waals surface area contributed by atoms with Gasteiger partial charge in [0.05, 0.1) is 11.6 Å².